The molecule has 8 heteroatoms. The summed E-state index contributed by atoms with van der Waals surface area (Å²) < 4.78 is 1.14. The van der Waals surface area contributed by atoms with Gasteiger partial charge in [-0.15, -0.1) is 0 Å². The molecule has 0 saturated heterocycles. The van der Waals surface area contributed by atoms with Gasteiger partial charge in [-0.2, -0.15) is 0 Å². The van der Waals surface area contributed by atoms with Gasteiger partial charge in [0, 0.05) is 38.9 Å². The molecule has 4 rings (SSSR count). The number of carboxylic acid groups (broad SMARTS) is 1. The van der Waals surface area contributed by atoms with Gasteiger partial charge in [-0.05, 0) is 48.5 Å². The lowest BCUT2D eigenvalue weighted by Crippen LogP contribution is -2.17. The van der Waals surface area contributed by atoms with Crippen LogP contribution in [0.3, 0.4) is 0 Å². The van der Waals surface area contributed by atoms with Crippen LogP contribution in [0, 0.1) is 0 Å². The lowest BCUT2D eigenvalue weighted by molar-refractivity contribution is -0.129. The zero-order valence-corrected chi connectivity index (χ0v) is 18.5. The van der Waals surface area contributed by atoms with Crippen LogP contribution in [0.15, 0.2) is 118 Å². The van der Waals surface area contributed by atoms with Crippen molar-refractivity contribution in [2.24, 2.45) is 5.16 Å². The van der Waals surface area contributed by atoms with Gasteiger partial charge in [0.15, 0.2) is 11.5 Å². The van der Waals surface area contributed by atoms with Crippen LogP contribution in [0.4, 0.5) is 4.79 Å². The molecule has 168 valence electrons. The maximum Gasteiger partial charge on any atom is 0.444 e. The van der Waals surface area contributed by atoms with Gasteiger partial charge in [0.1, 0.15) is 0 Å². The summed E-state index contributed by atoms with van der Waals surface area (Å²) in [6, 6.07) is 26.3. The summed E-state index contributed by atoms with van der Waals surface area (Å²) in [5, 5.41) is 13.0. The fourth-order valence-electron chi connectivity index (χ4n) is 3.05. The second-order valence-electron chi connectivity index (χ2n) is 7.04. The lowest BCUT2D eigenvalue weighted by atomic mass is 10.0. The van der Waals surface area contributed by atoms with Gasteiger partial charge in [-0.3, -0.25) is 14.2 Å². The van der Waals surface area contributed by atoms with E-state index in [-0.39, 0.29) is 11.5 Å². The molecule has 34 heavy (non-hydrogen) atoms. The zero-order valence-electron chi connectivity index (χ0n) is 17.7. The Bertz CT molecular complexity index is 1330. The molecule has 0 aliphatic rings. The predicted octanol–water partition coefficient (Wildman–Crippen LogP) is 5.34. The van der Waals surface area contributed by atoms with Crippen LogP contribution in [0.2, 0.25) is 0 Å². The monoisotopic (exact) mass is 470 g/mol. The smallest absolute Gasteiger partial charge is 0.444 e. The molecule has 0 aliphatic heterocycles. The van der Waals surface area contributed by atoms with Gasteiger partial charge in [0.05, 0.1) is 0 Å². The Labute approximate surface area is 199 Å². The van der Waals surface area contributed by atoms with E-state index in [1.54, 1.807) is 60.7 Å². The number of carbonyl (C=O) groups excluding carboxylic acids is 2. The third-order valence-electron chi connectivity index (χ3n) is 4.75. The third kappa shape index (κ3) is 5.48. The summed E-state index contributed by atoms with van der Waals surface area (Å²) in [4.78, 5) is 42.6. The quantitative estimate of drug-likeness (QED) is 0.169. The van der Waals surface area contributed by atoms with Crippen molar-refractivity contribution in [2.75, 3.05) is 0 Å². The first kappa shape index (κ1) is 22.8. The van der Waals surface area contributed by atoms with Crippen molar-refractivity contribution in [1.29, 1.82) is 0 Å². The van der Waals surface area contributed by atoms with E-state index in [1.807, 2.05) is 30.3 Å². The van der Waals surface area contributed by atoms with Crippen LogP contribution in [-0.4, -0.2) is 33.2 Å². The second kappa shape index (κ2) is 10.5. The van der Waals surface area contributed by atoms with Crippen molar-refractivity contribution < 1.29 is 24.3 Å². The average Bonchev–Trinajstić information content (AvgIpc) is 3.41. The van der Waals surface area contributed by atoms with Crippen LogP contribution in [0.5, 0.6) is 0 Å². The summed E-state index contributed by atoms with van der Waals surface area (Å²) in [6.45, 7) is 0. The molecular weight excluding hydrogens is 452 g/mol. The molecule has 0 aliphatic carbocycles. The normalized spacial score (nSPS) is 11.1. The number of hydrogen-bond donors (Lipinski definition) is 1. The first-order valence-electron chi connectivity index (χ1n) is 10.1. The lowest BCUT2D eigenvalue weighted by Gasteiger charge is -2.06. The Balaban J connectivity index is 1.43. The van der Waals surface area contributed by atoms with Crippen LogP contribution in [0.25, 0.3) is 0 Å². The van der Waals surface area contributed by atoms with Crippen molar-refractivity contribution in [3.63, 3.8) is 0 Å². The molecule has 1 heterocycles. The van der Waals surface area contributed by atoms with Gasteiger partial charge in [0.2, 0.25) is 0 Å². The number of oxime groups is 1. The number of carboxylic acids is 1. The summed E-state index contributed by atoms with van der Waals surface area (Å²) >= 11 is 1.46. The molecule has 4 aromatic rings. The largest absolute Gasteiger partial charge is 0.476 e. The minimum absolute atomic E-state index is 0.0422. The first-order valence-corrected chi connectivity index (χ1v) is 11.0. The number of aliphatic carboxylic acids is 1. The summed E-state index contributed by atoms with van der Waals surface area (Å²) in [5.41, 5.74) is 1.14. The number of ketones is 1. The van der Waals surface area contributed by atoms with Crippen LogP contribution >= 0.6 is 11.8 Å². The van der Waals surface area contributed by atoms with Crippen molar-refractivity contribution in [3.8, 4) is 0 Å². The first-order chi connectivity index (χ1) is 16.5. The fourth-order valence-corrected chi connectivity index (χ4v) is 3.87. The van der Waals surface area contributed by atoms with E-state index in [2.05, 4.69) is 5.16 Å². The molecule has 1 aromatic heterocycles. The van der Waals surface area contributed by atoms with E-state index >= 15 is 0 Å². The molecule has 1 N–H and O–H groups in total. The van der Waals surface area contributed by atoms with E-state index in [0.717, 1.165) is 14.4 Å². The number of carbonyl (C=O) groups is 3. The van der Waals surface area contributed by atoms with Crippen LogP contribution in [-0.2, 0) is 9.63 Å². The highest BCUT2D eigenvalue weighted by molar-refractivity contribution is 7.99. The molecule has 0 amide bonds. The van der Waals surface area contributed by atoms with Gasteiger partial charge in [-0.25, -0.2) is 9.59 Å². The topological polar surface area (TPSA) is 98.0 Å². The van der Waals surface area contributed by atoms with Crippen molar-refractivity contribution in [1.82, 2.24) is 4.57 Å². The standard InChI is InChI=1S/C26H18N2O5S/c29-24(19-6-2-1-3-7-19)20-10-14-22(15-11-20)34-21-12-8-18(9-13-21)23(25(30)31)27-33-26(32)28-16-4-5-17-28/h1-17H,(H,30,31)/b27-23-. The summed E-state index contributed by atoms with van der Waals surface area (Å²) in [7, 11) is 0. The van der Waals surface area contributed by atoms with Gasteiger partial charge in [-0.1, -0.05) is 59.4 Å². The zero-order chi connectivity index (χ0) is 23.9. The average molecular weight is 471 g/mol. The highest BCUT2D eigenvalue weighted by atomic mass is 32.2. The SMILES string of the molecule is O=C(O)/C(=N\OC(=O)n1cccc1)c1ccc(Sc2ccc(C(=O)c3ccccc3)cc2)cc1. The van der Waals surface area contributed by atoms with Crippen LogP contribution < -0.4 is 0 Å². The minimum Gasteiger partial charge on any atom is -0.476 e. The Morgan fingerprint density at radius 2 is 1.24 bits per heavy atom. The molecular formula is C26H18N2O5S. The molecule has 0 fully saturated rings. The Morgan fingerprint density at radius 3 is 1.79 bits per heavy atom. The van der Waals surface area contributed by atoms with E-state index in [0.29, 0.717) is 16.7 Å². The van der Waals surface area contributed by atoms with E-state index in [9.17, 15) is 19.5 Å². The number of benzene rings is 3. The van der Waals surface area contributed by atoms with Gasteiger partial charge in [0.25, 0.3) is 0 Å². The number of hydrogen-bond acceptors (Lipinski definition) is 6. The van der Waals surface area contributed by atoms with Gasteiger partial charge < -0.3 is 5.11 Å². The van der Waals surface area contributed by atoms with Gasteiger partial charge >= 0.3 is 12.1 Å². The molecule has 0 unspecified atom stereocenters. The molecule has 3 aromatic carbocycles. The second-order valence-corrected chi connectivity index (χ2v) is 8.19. The highest BCUT2D eigenvalue weighted by Crippen LogP contribution is 2.28. The van der Waals surface area contributed by atoms with E-state index < -0.39 is 12.1 Å². The Kier molecular flexibility index (Phi) is 7.00. The van der Waals surface area contributed by atoms with Crippen molar-refractivity contribution >= 4 is 35.3 Å². The van der Waals surface area contributed by atoms with E-state index in [1.165, 1.54) is 24.2 Å². The van der Waals surface area contributed by atoms with Crippen LogP contribution in [0.1, 0.15) is 21.5 Å². The fraction of sp³-hybridized carbons (Fsp3) is 0. The summed E-state index contributed by atoms with van der Waals surface area (Å²) in [6.07, 6.45) is 2.12. The maximum absolute atomic E-state index is 12.5. The molecule has 0 atom stereocenters. The maximum atomic E-state index is 12.5. The molecule has 0 bridgehead atoms. The number of nitrogens with zero attached hydrogens (tertiary/aromatic N) is 2. The summed E-state index contributed by atoms with van der Waals surface area (Å²) in [5.74, 6) is -1.36. The predicted molar refractivity (Wildman–Crippen MR) is 127 cm³/mol. The Hall–Kier alpha value is -4.43. The molecule has 0 saturated carbocycles. The number of rotatable bonds is 7. The van der Waals surface area contributed by atoms with Crippen molar-refractivity contribution in [3.05, 3.63) is 120 Å². The Morgan fingerprint density at radius 1 is 0.706 bits per heavy atom. The molecule has 7 nitrogen and oxygen atoms in total. The minimum atomic E-state index is -1.32. The number of aromatic nitrogens is 1. The third-order valence-corrected chi connectivity index (χ3v) is 5.76. The van der Waals surface area contributed by atoms with Crippen molar-refractivity contribution in [2.45, 2.75) is 9.79 Å². The molecule has 0 radical (unpaired) electrons. The molecule has 0 spiro atoms. The highest BCUT2D eigenvalue weighted by Gasteiger charge is 2.16. The van der Waals surface area contributed by atoms with E-state index in [4.69, 9.17) is 4.84 Å².